The van der Waals surface area contributed by atoms with E-state index < -0.39 is 11.7 Å². The molecule has 38 heavy (non-hydrogen) atoms. The predicted octanol–water partition coefficient (Wildman–Crippen LogP) is 1.03. The molecule has 0 aliphatic carbocycles. The largest absolute Gasteiger partial charge is 0.406 e. The van der Waals surface area contributed by atoms with E-state index in [1.165, 1.54) is 0 Å². The minimum Gasteiger partial charge on any atom is -0.382 e. The van der Waals surface area contributed by atoms with Crippen molar-refractivity contribution in [2.75, 3.05) is 139 Å². The lowest BCUT2D eigenvalue weighted by Gasteiger charge is -2.50. The molecule has 1 N–H and O–H groups in total. The summed E-state index contributed by atoms with van der Waals surface area (Å²) in [5.41, 5.74) is -1.68. The van der Waals surface area contributed by atoms with Gasteiger partial charge in [-0.15, -0.1) is 0 Å². The van der Waals surface area contributed by atoms with Gasteiger partial charge in [-0.05, 0) is 25.9 Å². The third kappa shape index (κ3) is 13.2. The number of halogens is 3. The first-order chi connectivity index (χ1) is 18.5. The highest BCUT2D eigenvalue weighted by atomic mass is 19.4. The second-order valence-electron chi connectivity index (χ2n) is 9.28. The first kappa shape index (κ1) is 33.6. The Labute approximate surface area is 225 Å². The fourth-order valence-electron chi connectivity index (χ4n) is 4.56. The van der Waals surface area contributed by atoms with Crippen LogP contribution in [0.3, 0.4) is 0 Å². The first-order valence-corrected chi connectivity index (χ1v) is 13.7. The van der Waals surface area contributed by atoms with E-state index in [-0.39, 0.29) is 12.8 Å². The van der Waals surface area contributed by atoms with Gasteiger partial charge in [0.2, 0.25) is 0 Å². The second-order valence-corrected chi connectivity index (χ2v) is 9.28. The molecule has 0 aromatic rings. The number of piperazine rings is 1. The summed E-state index contributed by atoms with van der Waals surface area (Å²) in [4.78, 5) is 3.83. The first-order valence-electron chi connectivity index (χ1n) is 13.7. The Bertz CT molecular complexity index is 565. The fraction of sp³-hybridized carbons (Fsp3) is 1.00. The highest BCUT2D eigenvalue weighted by Crippen LogP contribution is 2.42. The van der Waals surface area contributed by atoms with Gasteiger partial charge in [0.25, 0.3) is 0 Å². The zero-order chi connectivity index (χ0) is 27.4. The molecule has 0 saturated carbocycles. The minimum atomic E-state index is -4.20. The van der Waals surface area contributed by atoms with Crippen molar-refractivity contribution in [1.29, 1.82) is 0 Å². The molecule has 0 bridgehead atoms. The molecule has 2 saturated heterocycles. The molecule has 0 aromatic heterocycles. The minimum absolute atomic E-state index is 0.126. The molecule has 0 amide bonds. The van der Waals surface area contributed by atoms with E-state index in [1.807, 2.05) is 0 Å². The van der Waals surface area contributed by atoms with Crippen LogP contribution in [0.5, 0.6) is 0 Å². The molecule has 2 fully saturated rings. The maximum Gasteiger partial charge on any atom is 0.406 e. The highest BCUT2D eigenvalue weighted by Gasteiger charge is 2.58. The van der Waals surface area contributed by atoms with Crippen molar-refractivity contribution in [3.05, 3.63) is 0 Å². The molecule has 10 nitrogen and oxygen atoms in total. The summed E-state index contributed by atoms with van der Waals surface area (Å²) in [5, 5.41) is 3.05. The Hall–Kier alpha value is -0.610. The van der Waals surface area contributed by atoms with Crippen LogP contribution in [0.4, 0.5) is 13.2 Å². The lowest BCUT2D eigenvalue weighted by molar-refractivity contribution is -0.244. The summed E-state index contributed by atoms with van der Waals surface area (Å²) in [6.45, 7) is 10.4. The molecule has 0 unspecified atom stereocenters. The number of piperidine rings is 1. The van der Waals surface area contributed by atoms with Crippen LogP contribution < -0.4 is 5.32 Å². The SMILES string of the molecule is COCCOCCOCCOCCOCCOCCOCCN1CCN(C2(C(F)(F)F)CCNCC2)CC1. The van der Waals surface area contributed by atoms with Gasteiger partial charge < -0.3 is 38.5 Å². The van der Waals surface area contributed by atoms with Crippen LogP contribution in [0.25, 0.3) is 0 Å². The zero-order valence-corrected chi connectivity index (χ0v) is 22.9. The molecule has 0 atom stereocenters. The van der Waals surface area contributed by atoms with E-state index >= 15 is 0 Å². The molecule has 2 rings (SSSR count). The van der Waals surface area contributed by atoms with Crippen molar-refractivity contribution in [2.24, 2.45) is 0 Å². The number of ether oxygens (including phenoxy) is 7. The Morgan fingerprint density at radius 3 is 1.39 bits per heavy atom. The number of nitrogens with zero attached hydrogens (tertiary/aromatic N) is 2. The summed E-state index contributed by atoms with van der Waals surface area (Å²) in [6, 6.07) is 0. The molecule has 2 heterocycles. The van der Waals surface area contributed by atoms with E-state index in [1.54, 1.807) is 12.0 Å². The third-order valence-electron chi connectivity index (χ3n) is 6.78. The van der Waals surface area contributed by atoms with Crippen LogP contribution in [-0.4, -0.2) is 160 Å². The average Bonchev–Trinajstić information content (AvgIpc) is 2.92. The lowest BCUT2D eigenvalue weighted by Crippen LogP contribution is -2.66. The van der Waals surface area contributed by atoms with E-state index in [9.17, 15) is 13.2 Å². The molecule has 0 aromatic carbocycles. The fourth-order valence-corrected chi connectivity index (χ4v) is 4.56. The van der Waals surface area contributed by atoms with Crippen molar-refractivity contribution in [3.8, 4) is 0 Å². The van der Waals surface area contributed by atoms with Gasteiger partial charge >= 0.3 is 6.18 Å². The van der Waals surface area contributed by atoms with Gasteiger partial charge in [0.1, 0.15) is 5.54 Å². The Morgan fingerprint density at radius 1 is 0.605 bits per heavy atom. The van der Waals surface area contributed by atoms with Crippen LogP contribution in [0.2, 0.25) is 0 Å². The Kier molecular flexibility index (Phi) is 17.9. The Morgan fingerprint density at radius 2 is 1.00 bits per heavy atom. The van der Waals surface area contributed by atoms with Gasteiger partial charge in [-0.1, -0.05) is 0 Å². The van der Waals surface area contributed by atoms with Gasteiger partial charge in [0.05, 0.1) is 85.9 Å². The van der Waals surface area contributed by atoms with Crippen molar-refractivity contribution in [2.45, 2.75) is 24.6 Å². The molecular formula is C25H48F3N3O7. The topological polar surface area (TPSA) is 83.1 Å². The summed E-state index contributed by atoms with van der Waals surface area (Å²) in [6.07, 6.45) is -3.95. The zero-order valence-electron chi connectivity index (χ0n) is 22.9. The van der Waals surface area contributed by atoms with Crippen LogP contribution in [0, 0.1) is 0 Å². The van der Waals surface area contributed by atoms with Gasteiger partial charge in [-0.25, -0.2) is 0 Å². The van der Waals surface area contributed by atoms with E-state index in [2.05, 4.69) is 10.2 Å². The number of nitrogens with one attached hydrogen (secondary N) is 1. The molecular weight excluding hydrogens is 511 g/mol. The second kappa shape index (κ2) is 20.3. The number of rotatable bonds is 22. The summed E-state index contributed by atoms with van der Waals surface area (Å²) in [7, 11) is 1.64. The van der Waals surface area contributed by atoms with Crippen molar-refractivity contribution in [1.82, 2.24) is 15.1 Å². The quantitative estimate of drug-likeness (QED) is 0.194. The van der Waals surface area contributed by atoms with Crippen LogP contribution >= 0.6 is 0 Å². The van der Waals surface area contributed by atoms with Gasteiger partial charge in [-0.2, -0.15) is 13.2 Å². The van der Waals surface area contributed by atoms with Gasteiger partial charge in [0.15, 0.2) is 0 Å². The van der Waals surface area contributed by atoms with Gasteiger partial charge in [-0.3, -0.25) is 9.80 Å². The number of hydrogen-bond acceptors (Lipinski definition) is 10. The normalized spacial score (nSPS) is 19.3. The number of methoxy groups -OCH3 is 1. The summed E-state index contributed by atoms with van der Waals surface area (Å²) >= 11 is 0. The molecule has 0 spiro atoms. The van der Waals surface area contributed by atoms with Crippen molar-refractivity contribution in [3.63, 3.8) is 0 Å². The van der Waals surface area contributed by atoms with E-state index in [0.29, 0.717) is 132 Å². The maximum atomic E-state index is 13.9. The van der Waals surface area contributed by atoms with Crippen LogP contribution in [-0.2, 0) is 33.2 Å². The molecule has 13 heteroatoms. The van der Waals surface area contributed by atoms with Crippen molar-refractivity contribution < 1.29 is 46.3 Å². The third-order valence-corrected chi connectivity index (χ3v) is 6.78. The molecule has 2 aliphatic rings. The molecule has 0 radical (unpaired) electrons. The molecule has 226 valence electrons. The summed E-state index contributed by atoms with van der Waals surface area (Å²) in [5.74, 6) is 0. The molecule has 2 aliphatic heterocycles. The maximum absolute atomic E-state index is 13.9. The lowest BCUT2D eigenvalue weighted by atomic mass is 9.85. The highest BCUT2D eigenvalue weighted by molar-refractivity contribution is 5.01. The smallest absolute Gasteiger partial charge is 0.382 e. The monoisotopic (exact) mass is 559 g/mol. The standard InChI is InChI=1S/C25H48F3N3O7/c1-32-12-13-34-16-17-36-20-21-38-23-22-37-19-18-35-15-14-33-11-10-30-6-8-31(9-7-30)24(25(26,27)28)2-4-29-5-3-24/h29H,2-23H2,1H3. The average molecular weight is 560 g/mol. The van der Waals surface area contributed by atoms with E-state index in [0.717, 1.165) is 0 Å². The predicted molar refractivity (Wildman–Crippen MR) is 136 cm³/mol. The Balaban J connectivity index is 1.33. The van der Waals surface area contributed by atoms with E-state index in [4.69, 9.17) is 33.2 Å². The van der Waals surface area contributed by atoms with Crippen LogP contribution in [0.1, 0.15) is 12.8 Å². The summed E-state index contributed by atoms with van der Waals surface area (Å²) < 4.78 is 79.2. The van der Waals surface area contributed by atoms with Gasteiger partial charge in [0, 0.05) is 39.8 Å². The van der Waals surface area contributed by atoms with Crippen molar-refractivity contribution >= 4 is 0 Å². The number of hydrogen-bond donors (Lipinski definition) is 1. The van der Waals surface area contributed by atoms with Crippen LogP contribution in [0.15, 0.2) is 0 Å². The number of alkyl halides is 3.